The lowest BCUT2D eigenvalue weighted by Crippen LogP contribution is -2.60. The lowest BCUT2D eigenvalue weighted by Gasteiger charge is -2.43. The summed E-state index contributed by atoms with van der Waals surface area (Å²) in [5.41, 5.74) is 1.25. The molecule has 3 unspecified atom stereocenters. The Morgan fingerprint density at radius 1 is 1.28 bits per heavy atom. The van der Waals surface area contributed by atoms with Crippen molar-refractivity contribution >= 4 is 0 Å². The van der Waals surface area contributed by atoms with E-state index in [0.717, 1.165) is 25.2 Å². The van der Waals surface area contributed by atoms with Gasteiger partial charge in [-0.05, 0) is 32.5 Å². The molecular formula is C15H23NO2. The predicted molar refractivity (Wildman–Crippen MR) is 73.1 cm³/mol. The van der Waals surface area contributed by atoms with Crippen LogP contribution < -0.4 is 10.1 Å². The molecule has 1 aromatic carbocycles. The summed E-state index contributed by atoms with van der Waals surface area (Å²) in [6.45, 7) is 5.01. The first kappa shape index (κ1) is 13.4. The van der Waals surface area contributed by atoms with Gasteiger partial charge in [-0.3, -0.25) is 0 Å². The van der Waals surface area contributed by atoms with E-state index in [1.807, 2.05) is 19.2 Å². The van der Waals surface area contributed by atoms with Gasteiger partial charge in [0.15, 0.2) is 0 Å². The minimum atomic E-state index is 0.177. The standard InChI is InChI=1S/C15H23NO2/c1-4-9-17-15-13(16-3)10-14(15)18-12-7-5-11(2)6-8-12/h5-8,13-16H,4,9-10H2,1-3H3. The maximum Gasteiger partial charge on any atom is 0.128 e. The molecule has 1 saturated carbocycles. The molecule has 1 aromatic rings. The largest absolute Gasteiger partial charge is 0.488 e. The highest BCUT2D eigenvalue weighted by Gasteiger charge is 2.42. The Bertz CT molecular complexity index is 363. The molecule has 3 atom stereocenters. The highest BCUT2D eigenvalue weighted by atomic mass is 16.5. The van der Waals surface area contributed by atoms with Crippen molar-refractivity contribution < 1.29 is 9.47 Å². The SMILES string of the molecule is CCCOC1C(NC)CC1Oc1ccc(C)cc1. The molecule has 3 nitrogen and oxygen atoms in total. The second-order valence-corrected chi connectivity index (χ2v) is 4.94. The van der Waals surface area contributed by atoms with Crippen molar-refractivity contribution in [3.05, 3.63) is 29.8 Å². The normalized spacial score (nSPS) is 26.7. The molecule has 0 bridgehead atoms. The lowest BCUT2D eigenvalue weighted by atomic mass is 9.85. The Labute approximate surface area is 109 Å². The zero-order chi connectivity index (χ0) is 13.0. The number of rotatable bonds is 6. The van der Waals surface area contributed by atoms with E-state index in [4.69, 9.17) is 9.47 Å². The van der Waals surface area contributed by atoms with Gasteiger partial charge < -0.3 is 14.8 Å². The minimum Gasteiger partial charge on any atom is -0.488 e. The molecule has 0 amide bonds. The number of ether oxygens (including phenoxy) is 2. The topological polar surface area (TPSA) is 30.5 Å². The second-order valence-electron chi connectivity index (χ2n) is 4.94. The summed E-state index contributed by atoms with van der Waals surface area (Å²) in [6, 6.07) is 8.63. The van der Waals surface area contributed by atoms with E-state index in [-0.39, 0.29) is 12.2 Å². The summed E-state index contributed by atoms with van der Waals surface area (Å²) in [5, 5.41) is 3.28. The van der Waals surface area contributed by atoms with Gasteiger partial charge in [0, 0.05) is 19.1 Å². The molecule has 0 spiro atoms. The van der Waals surface area contributed by atoms with Crippen LogP contribution in [0.15, 0.2) is 24.3 Å². The van der Waals surface area contributed by atoms with E-state index in [2.05, 4.69) is 31.3 Å². The second kappa shape index (κ2) is 6.21. The predicted octanol–water partition coefficient (Wildman–Crippen LogP) is 2.53. The van der Waals surface area contributed by atoms with Crippen LogP contribution in [0.3, 0.4) is 0 Å². The van der Waals surface area contributed by atoms with Crippen LogP contribution >= 0.6 is 0 Å². The summed E-state index contributed by atoms with van der Waals surface area (Å²) >= 11 is 0. The summed E-state index contributed by atoms with van der Waals surface area (Å²) in [4.78, 5) is 0. The van der Waals surface area contributed by atoms with Crippen LogP contribution in [0.5, 0.6) is 5.75 Å². The van der Waals surface area contributed by atoms with E-state index in [1.54, 1.807) is 0 Å². The molecule has 0 aliphatic heterocycles. The average Bonchev–Trinajstić information content (AvgIpc) is 2.36. The third-order valence-electron chi connectivity index (χ3n) is 3.44. The maximum atomic E-state index is 5.98. The van der Waals surface area contributed by atoms with Gasteiger partial charge in [0.2, 0.25) is 0 Å². The van der Waals surface area contributed by atoms with Gasteiger partial charge in [-0.25, -0.2) is 0 Å². The first-order valence-corrected chi connectivity index (χ1v) is 6.76. The van der Waals surface area contributed by atoms with Gasteiger partial charge in [-0.2, -0.15) is 0 Å². The third kappa shape index (κ3) is 3.03. The molecule has 0 aromatic heterocycles. The molecule has 2 rings (SSSR count). The molecule has 100 valence electrons. The molecule has 0 heterocycles. The van der Waals surface area contributed by atoms with Crippen molar-refractivity contribution in [2.45, 2.75) is 44.9 Å². The lowest BCUT2D eigenvalue weighted by molar-refractivity contribution is -0.106. The van der Waals surface area contributed by atoms with Crippen LogP contribution in [0.2, 0.25) is 0 Å². The first-order valence-electron chi connectivity index (χ1n) is 6.76. The summed E-state index contributed by atoms with van der Waals surface area (Å²) in [6.07, 6.45) is 2.41. The maximum absolute atomic E-state index is 5.98. The Morgan fingerprint density at radius 3 is 2.61 bits per heavy atom. The van der Waals surface area contributed by atoms with Crippen LogP contribution in [-0.4, -0.2) is 31.9 Å². The van der Waals surface area contributed by atoms with E-state index < -0.39 is 0 Å². The molecule has 18 heavy (non-hydrogen) atoms. The van der Waals surface area contributed by atoms with Crippen molar-refractivity contribution in [1.82, 2.24) is 5.32 Å². The highest BCUT2D eigenvalue weighted by molar-refractivity contribution is 5.27. The van der Waals surface area contributed by atoms with Crippen LogP contribution in [0.4, 0.5) is 0 Å². The Morgan fingerprint density at radius 2 is 2.00 bits per heavy atom. The summed E-state index contributed by atoms with van der Waals surface area (Å²) < 4.78 is 11.8. The van der Waals surface area contributed by atoms with Crippen LogP contribution in [0.1, 0.15) is 25.3 Å². The average molecular weight is 249 g/mol. The molecule has 0 saturated heterocycles. The van der Waals surface area contributed by atoms with E-state index in [0.29, 0.717) is 6.04 Å². The fourth-order valence-electron chi connectivity index (χ4n) is 2.25. The zero-order valence-corrected chi connectivity index (χ0v) is 11.5. The third-order valence-corrected chi connectivity index (χ3v) is 3.44. The summed E-state index contributed by atoms with van der Waals surface area (Å²) in [7, 11) is 1.98. The number of hydrogen-bond acceptors (Lipinski definition) is 3. The van der Waals surface area contributed by atoms with E-state index in [9.17, 15) is 0 Å². The fraction of sp³-hybridized carbons (Fsp3) is 0.600. The molecule has 1 aliphatic carbocycles. The number of nitrogens with one attached hydrogen (secondary N) is 1. The van der Waals surface area contributed by atoms with Crippen molar-refractivity contribution in [2.24, 2.45) is 0 Å². The van der Waals surface area contributed by atoms with Gasteiger partial charge >= 0.3 is 0 Å². The van der Waals surface area contributed by atoms with Gasteiger partial charge in [0.1, 0.15) is 18.0 Å². The zero-order valence-electron chi connectivity index (χ0n) is 11.5. The van der Waals surface area contributed by atoms with Crippen molar-refractivity contribution in [2.75, 3.05) is 13.7 Å². The Kier molecular flexibility index (Phi) is 4.61. The molecule has 1 fully saturated rings. The molecule has 1 N–H and O–H groups in total. The molecule has 0 radical (unpaired) electrons. The molecule has 3 heteroatoms. The number of benzene rings is 1. The van der Waals surface area contributed by atoms with Gasteiger partial charge in [-0.1, -0.05) is 24.6 Å². The number of hydrogen-bond donors (Lipinski definition) is 1. The highest BCUT2D eigenvalue weighted by Crippen LogP contribution is 2.29. The monoisotopic (exact) mass is 249 g/mol. The van der Waals surface area contributed by atoms with Crippen LogP contribution in [0.25, 0.3) is 0 Å². The smallest absolute Gasteiger partial charge is 0.128 e. The Balaban J connectivity index is 1.90. The van der Waals surface area contributed by atoms with Gasteiger partial charge in [0.05, 0.1) is 0 Å². The van der Waals surface area contributed by atoms with Crippen molar-refractivity contribution in [3.8, 4) is 5.75 Å². The molecular weight excluding hydrogens is 226 g/mol. The van der Waals surface area contributed by atoms with Crippen molar-refractivity contribution in [3.63, 3.8) is 0 Å². The number of likely N-dealkylation sites (N-methyl/N-ethyl adjacent to an activating group) is 1. The minimum absolute atomic E-state index is 0.177. The fourth-order valence-corrected chi connectivity index (χ4v) is 2.25. The summed E-state index contributed by atoms with van der Waals surface area (Å²) in [5.74, 6) is 0.935. The van der Waals surface area contributed by atoms with Crippen LogP contribution in [0, 0.1) is 6.92 Å². The quantitative estimate of drug-likeness (QED) is 0.840. The van der Waals surface area contributed by atoms with E-state index in [1.165, 1.54) is 5.56 Å². The molecule has 1 aliphatic rings. The van der Waals surface area contributed by atoms with Crippen molar-refractivity contribution in [1.29, 1.82) is 0 Å². The Hall–Kier alpha value is -1.06. The van der Waals surface area contributed by atoms with Gasteiger partial charge in [0.25, 0.3) is 0 Å². The number of aryl methyl sites for hydroxylation is 1. The van der Waals surface area contributed by atoms with E-state index >= 15 is 0 Å². The first-order chi connectivity index (χ1) is 8.74. The van der Waals surface area contributed by atoms with Crippen LogP contribution in [-0.2, 0) is 4.74 Å². The van der Waals surface area contributed by atoms with Gasteiger partial charge in [-0.15, -0.1) is 0 Å².